The lowest BCUT2D eigenvalue weighted by atomic mass is 10.0. The second-order valence-electron chi connectivity index (χ2n) is 8.97. The molecular weight excluding hydrogens is 530 g/mol. The fourth-order valence-electron chi connectivity index (χ4n) is 3.77. The van der Waals surface area contributed by atoms with Gasteiger partial charge in [0.1, 0.15) is 18.1 Å². The van der Waals surface area contributed by atoms with E-state index in [2.05, 4.69) is 20.9 Å². The Morgan fingerprint density at radius 2 is 1.38 bits per heavy atom. The van der Waals surface area contributed by atoms with Crippen LogP contribution in [0.4, 0.5) is 0 Å². The van der Waals surface area contributed by atoms with Crippen LogP contribution in [0.3, 0.4) is 0 Å². The first-order valence-electron chi connectivity index (χ1n) is 12.0. The molecule has 16 nitrogen and oxygen atoms in total. The third-order valence-corrected chi connectivity index (χ3v) is 5.80. The third-order valence-electron chi connectivity index (χ3n) is 5.80. The predicted molar refractivity (Wildman–Crippen MR) is 138 cm³/mol. The number of nitrogens with two attached hydrogens (primary N) is 3. The van der Waals surface area contributed by atoms with Gasteiger partial charge < -0.3 is 48.3 Å². The van der Waals surface area contributed by atoms with E-state index in [0.29, 0.717) is 5.56 Å². The van der Waals surface area contributed by atoms with Gasteiger partial charge in [-0.05, 0) is 18.1 Å². The fraction of sp³-hybridized carbons (Fsp3) is 0.375. The first-order valence-corrected chi connectivity index (χ1v) is 12.0. The number of nitrogens with one attached hydrogen (secondary N) is 4. The molecule has 0 saturated heterocycles. The molecule has 5 amide bonds. The van der Waals surface area contributed by atoms with Crippen LogP contribution < -0.4 is 33.2 Å². The van der Waals surface area contributed by atoms with E-state index in [1.807, 2.05) is 0 Å². The molecule has 0 fully saturated rings. The number of primary amides is 2. The standard InChI is InChI=1S/C24H31N7O9/c25-13(5-6-18(26)32)21(36)29-16(9-20(34)35)23(38)30-15(8-19(27)33)22(37)31-17(24(39)40)7-11-10-28-14-4-2-1-3-12(11)14/h1-4,10,13,15-17,28H,5-9,25H2,(H2,26,32)(H2,27,33)(H,29,36)(H,30,38)(H,31,37)(H,34,35)(H,39,40). The number of hydrogen-bond donors (Lipinski definition) is 9. The Labute approximate surface area is 227 Å². The number of carboxylic acids is 2. The molecular formula is C24H31N7O9. The average molecular weight is 562 g/mol. The van der Waals surface area contributed by atoms with Crippen LogP contribution in [-0.2, 0) is 40.0 Å². The molecule has 2 aromatic rings. The first-order chi connectivity index (χ1) is 18.8. The Morgan fingerprint density at radius 3 is 1.95 bits per heavy atom. The van der Waals surface area contributed by atoms with Gasteiger partial charge in [0.25, 0.3) is 0 Å². The van der Waals surface area contributed by atoms with Gasteiger partial charge in [0.15, 0.2) is 0 Å². The van der Waals surface area contributed by atoms with Crippen molar-refractivity contribution in [3.8, 4) is 0 Å². The summed E-state index contributed by atoms with van der Waals surface area (Å²) in [7, 11) is 0. The number of para-hydroxylation sites is 1. The van der Waals surface area contributed by atoms with Gasteiger partial charge in [0.2, 0.25) is 29.5 Å². The van der Waals surface area contributed by atoms with Crippen LogP contribution in [-0.4, -0.2) is 80.8 Å². The topological polar surface area (TPSA) is 290 Å². The van der Waals surface area contributed by atoms with Gasteiger partial charge in [0.05, 0.1) is 18.9 Å². The molecule has 40 heavy (non-hydrogen) atoms. The van der Waals surface area contributed by atoms with Crippen LogP contribution in [0.2, 0.25) is 0 Å². The number of carbonyl (C=O) groups excluding carboxylic acids is 5. The van der Waals surface area contributed by atoms with Crippen molar-refractivity contribution in [1.29, 1.82) is 0 Å². The molecule has 2 rings (SSSR count). The lowest BCUT2D eigenvalue weighted by Crippen LogP contribution is -2.58. The van der Waals surface area contributed by atoms with E-state index in [-0.39, 0.29) is 19.3 Å². The van der Waals surface area contributed by atoms with E-state index < -0.39 is 78.5 Å². The van der Waals surface area contributed by atoms with Crippen LogP contribution in [0.25, 0.3) is 10.9 Å². The number of aromatic nitrogens is 1. The number of aromatic amines is 1. The molecule has 0 aliphatic heterocycles. The average Bonchev–Trinajstić information content (AvgIpc) is 3.28. The normalized spacial score (nSPS) is 13.8. The summed E-state index contributed by atoms with van der Waals surface area (Å²) in [6, 6.07) is 0.853. The summed E-state index contributed by atoms with van der Waals surface area (Å²) in [5.74, 6) is -7.89. The van der Waals surface area contributed by atoms with Crippen LogP contribution in [0.5, 0.6) is 0 Å². The number of carbonyl (C=O) groups is 7. The largest absolute Gasteiger partial charge is 0.481 e. The molecule has 216 valence electrons. The molecule has 1 heterocycles. The molecule has 16 heteroatoms. The van der Waals surface area contributed by atoms with E-state index >= 15 is 0 Å². The van der Waals surface area contributed by atoms with Gasteiger partial charge in [-0.2, -0.15) is 0 Å². The van der Waals surface area contributed by atoms with Crippen LogP contribution >= 0.6 is 0 Å². The lowest BCUT2D eigenvalue weighted by molar-refractivity contribution is -0.143. The summed E-state index contributed by atoms with van der Waals surface area (Å²) in [6.07, 6.45) is -0.672. The van der Waals surface area contributed by atoms with E-state index in [0.717, 1.165) is 10.9 Å². The molecule has 0 saturated carbocycles. The molecule has 0 radical (unpaired) electrons. The minimum atomic E-state index is -1.74. The van der Waals surface area contributed by atoms with Crippen molar-refractivity contribution in [1.82, 2.24) is 20.9 Å². The monoisotopic (exact) mass is 561 g/mol. The van der Waals surface area contributed by atoms with E-state index in [1.165, 1.54) is 0 Å². The maximum Gasteiger partial charge on any atom is 0.326 e. The van der Waals surface area contributed by atoms with Crippen molar-refractivity contribution >= 4 is 52.4 Å². The highest BCUT2D eigenvalue weighted by atomic mass is 16.4. The van der Waals surface area contributed by atoms with Crippen LogP contribution in [0.15, 0.2) is 30.5 Å². The molecule has 12 N–H and O–H groups in total. The smallest absolute Gasteiger partial charge is 0.326 e. The van der Waals surface area contributed by atoms with Gasteiger partial charge >= 0.3 is 11.9 Å². The Morgan fingerprint density at radius 1 is 0.800 bits per heavy atom. The Bertz CT molecular complexity index is 1290. The van der Waals surface area contributed by atoms with Crippen molar-refractivity contribution in [3.63, 3.8) is 0 Å². The van der Waals surface area contributed by atoms with Crippen molar-refractivity contribution in [2.45, 2.75) is 56.3 Å². The van der Waals surface area contributed by atoms with Crippen molar-refractivity contribution in [2.75, 3.05) is 0 Å². The van der Waals surface area contributed by atoms with E-state index in [1.54, 1.807) is 30.5 Å². The van der Waals surface area contributed by atoms with Crippen LogP contribution in [0, 0.1) is 0 Å². The lowest BCUT2D eigenvalue weighted by Gasteiger charge is -2.24. The highest BCUT2D eigenvalue weighted by Gasteiger charge is 2.32. The Balaban J connectivity index is 2.17. The molecule has 1 aromatic carbocycles. The van der Waals surface area contributed by atoms with E-state index in [9.17, 15) is 43.8 Å². The minimum absolute atomic E-state index is 0.150. The Kier molecular flexibility index (Phi) is 11.1. The van der Waals surface area contributed by atoms with Crippen molar-refractivity contribution in [2.24, 2.45) is 17.2 Å². The summed E-state index contributed by atoms with van der Waals surface area (Å²) in [5.41, 5.74) is 17.2. The fourth-order valence-corrected chi connectivity index (χ4v) is 3.77. The number of fused-ring (bicyclic) bond motifs is 1. The first kappa shape index (κ1) is 31.2. The summed E-state index contributed by atoms with van der Waals surface area (Å²) >= 11 is 0. The van der Waals surface area contributed by atoms with Crippen molar-refractivity contribution < 1.29 is 43.8 Å². The molecule has 0 spiro atoms. The van der Waals surface area contributed by atoms with Crippen LogP contribution in [0.1, 0.15) is 31.2 Å². The third kappa shape index (κ3) is 9.39. The van der Waals surface area contributed by atoms with Gasteiger partial charge in [0, 0.05) is 29.9 Å². The number of aliphatic carboxylic acids is 2. The molecule has 0 aliphatic carbocycles. The van der Waals surface area contributed by atoms with E-state index in [4.69, 9.17) is 17.2 Å². The number of rotatable bonds is 16. The minimum Gasteiger partial charge on any atom is -0.481 e. The molecule has 4 unspecified atom stereocenters. The molecule has 0 aliphatic rings. The number of amides is 5. The second kappa shape index (κ2) is 14.2. The number of carboxylic acid groups (broad SMARTS) is 2. The number of hydrogen-bond acceptors (Lipinski definition) is 8. The van der Waals surface area contributed by atoms with Crippen molar-refractivity contribution in [3.05, 3.63) is 36.0 Å². The molecule has 0 bridgehead atoms. The Hall–Kier alpha value is -4.99. The zero-order chi connectivity index (χ0) is 30.0. The zero-order valence-corrected chi connectivity index (χ0v) is 21.2. The summed E-state index contributed by atoms with van der Waals surface area (Å²) in [4.78, 5) is 86.9. The SMILES string of the molecule is NC(=O)CCC(N)C(=O)NC(CC(=O)O)C(=O)NC(CC(N)=O)C(=O)NC(Cc1c[nH]c2ccccc12)C(=O)O. The molecule has 4 atom stereocenters. The summed E-state index contributed by atoms with van der Waals surface area (Å²) in [6.45, 7) is 0. The van der Waals surface area contributed by atoms with Gasteiger partial charge in [-0.25, -0.2) is 4.79 Å². The summed E-state index contributed by atoms with van der Waals surface area (Å²) < 4.78 is 0. The quantitative estimate of drug-likeness (QED) is 0.101. The maximum absolute atomic E-state index is 13.0. The molecule has 1 aromatic heterocycles. The maximum atomic E-state index is 13.0. The second-order valence-corrected chi connectivity index (χ2v) is 8.97. The predicted octanol–water partition coefficient (Wildman–Crippen LogP) is -2.81. The number of H-pyrrole nitrogens is 1. The highest BCUT2D eigenvalue weighted by molar-refractivity contribution is 5.97. The van der Waals surface area contributed by atoms with Gasteiger partial charge in [-0.15, -0.1) is 0 Å². The van der Waals surface area contributed by atoms with Gasteiger partial charge in [-0.1, -0.05) is 18.2 Å². The zero-order valence-electron chi connectivity index (χ0n) is 21.2. The number of benzene rings is 1. The highest BCUT2D eigenvalue weighted by Crippen LogP contribution is 2.19. The summed E-state index contributed by atoms with van der Waals surface area (Å²) in [5, 5.41) is 26.1. The van der Waals surface area contributed by atoms with Gasteiger partial charge in [-0.3, -0.25) is 28.8 Å².